The molecule has 1 saturated carbocycles. The number of imidazole rings is 1. The Morgan fingerprint density at radius 3 is 2.68 bits per heavy atom. The number of nitrogens with zero attached hydrogens (tertiary/aromatic N) is 2. The fourth-order valence-corrected chi connectivity index (χ4v) is 3.54. The molecule has 1 aliphatic heterocycles. The summed E-state index contributed by atoms with van der Waals surface area (Å²) in [6.07, 6.45) is 6.60. The molecule has 1 aromatic heterocycles. The summed E-state index contributed by atoms with van der Waals surface area (Å²) in [4.78, 5) is 5.02. The first-order chi connectivity index (χ1) is 9.04. The fraction of sp³-hybridized carbons (Fsp3) is 0.812. The Morgan fingerprint density at radius 1 is 1.26 bits per heavy atom. The Labute approximate surface area is 116 Å². The zero-order valence-corrected chi connectivity index (χ0v) is 12.6. The van der Waals surface area contributed by atoms with Crippen LogP contribution < -0.4 is 5.32 Å². The van der Waals surface area contributed by atoms with Crippen molar-refractivity contribution in [3.63, 3.8) is 0 Å². The van der Waals surface area contributed by atoms with Crippen LogP contribution in [0.4, 0.5) is 0 Å². The lowest BCUT2D eigenvalue weighted by molar-refractivity contribution is 0.327. The molecule has 2 heterocycles. The molecule has 1 aromatic rings. The van der Waals surface area contributed by atoms with Gasteiger partial charge >= 0.3 is 0 Å². The van der Waals surface area contributed by atoms with E-state index in [2.05, 4.69) is 30.7 Å². The first-order valence-corrected chi connectivity index (χ1v) is 7.83. The van der Waals surface area contributed by atoms with E-state index in [4.69, 9.17) is 4.98 Å². The van der Waals surface area contributed by atoms with E-state index >= 15 is 0 Å². The predicted molar refractivity (Wildman–Crippen MR) is 78.3 cm³/mol. The largest absolute Gasteiger partial charge is 0.331 e. The Bertz CT molecular complexity index is 447. The van der Waals surface area contributed by atoms with Crippen LogP contribution in [0.25, 0.3) is 0 Å². The smallest absolute Gasteiger partial charge is 0.112 e. The average Bonchev–Trinajstić information content (AvgIpc) is 2.95. The number of rotatable bonds is 2. The molecule has 3 heteroatoms. The van der Waals surface area contributed by atoms with Crippen molar-refractivity contribution < 1.29 is 0 Å². The molecule has 1 aliphatic carbocycles. The first-order valence-electron chi connectivity index (χ1n) is 7.83. The molecule has 0 radical (unpaired) electrons. The number of hydrogen-bond donors (Lipinski definition) is 1. The van der Waals surface area contributed by atoms with Crippen molar-refractivity contribution in [2.45, 2.75) is 71.9 Å². The zero-order valence-electron chi connectivity index (χ0n) is 12.6. The molecule has 1 fully saturated rings. The van der Waals surface area contributed by atoms with Crippen molar-refractivity contribution in [1.29, 1.82) is 0 Å². The molecule has 0 spiro atoms. The number of aromatic nitrogens is 2. The highest BCUT2D eigenvalue weighted by Crippen LogP contribution is 2.36. The maximum atomic E-state index is 5.02. The van der Waals surface area contributed by atoms with Gasteiger partial charge in [-0.05, 0) is 18.3 Å². The van der Waals surface area contributed by atoms with Crippen molar-refractivity contribution in [2.75, 3.05) is 6.54 Å². The second kappa shape index (κ2) is 4.93. The van der Waals surface area contributed by atoms with E-state index in [1.165, 1.54) is 42.9 Å². The normalized spacial score (nSPS) is 20.8. The summed E-state index contributed by atoms with van der Waals surface area (Å²) < 4.78 is 2.58. The minimum Gasteiger partial charge on any atom is -0.331 e. The monoisotopic (exact) mass is 261 g/mol. The summed E-state index contributed by atoms with van der Waals surface area (Å²) >= 11 is 0. The van der Waals surface area contributed by atoms with Gasteiger partial charge in [0.1, 0.15) is 5.82 Å². The van der Waals surface area contributed by atoms with E-state index in [-0.39, 0.29) is 0 Å². The van der Waals surface area contributed by atoms with Gasteiger partial charge < -0.3 is 9.88 Å². The van der Waals surface area contributed by atoms with Gasteiger partial charge in [0.05, 0.1) is 5.69 Å². The Hall–Kier alpha value is -0.830. The summed E-state index contributed by atoms with van der Waals surface area (Å²) in [6.45, 7) is 10.2. The summed E-state index contributed by atoms with van der Waals surface area (Å²) in [5.74, 6) is 2.11. The fourth-order valence-electron chi connectivity index (χ4n) is 3.54. The SMILES string of the molecule is CC(C)(C)Cn1c(C2CCCC2)nc2c1CCNC2. The second-order valence-corrected chi connectivity index (χ2v) is 7.42. The molecule has 3 nitrogen and oxygen atoms in total. The number of fused-ring (bicyclic) bond motifs is 1. The number of nitrogens with one attached hydrogen (secondary N) is 1. The standard InChI is InChI=1S/C16H27N3/c1-16(2,3)11-19-14-8-9-17-10-13(14)18-15(19)12-6-4-5-7-12/h12,17H,4-11H2,1-3H3. The Balaban J connectivity index is 1.99. The summed E-state index contributed by atoms with van der Waals surface area (Å²) in [5.41, 5.74) is 3.15. The minimum absolute atomic E-state index is 0.326. The third kappa shape index (κ3) is 2.71. The van der Waals surface area contributed by atoms with Gasteiger partial charge in [-0.25, -0.2) is 4.98 Å². The Morgan fingerprint density at radius 2 is 2.00 bits per heavy atom. The molecular weight excluding hydrogens is 234 g/mol. The van der Waals surface area contributed by atoms with Gasteiger partial charge in [-0.15, -0.1) is 0 Å². The molecular formula is C16H27N3. The highest BCUT2D eigenvalue weighted by Gasteiger charge is 2.28. The van der Waals surface area contributed by atoms with Crippen LogP contribution in [0.3, 0.4) is 0 Å². The lowest BCUT2D eigenvalue weighted by Crippen LogP contribution is -2.27. The summed E-state index contributed by atoms with van der Waals surface area (Å²) in [7, 11) is 0. The zero-order chi connectivity index (χ0) is 13.5. The summed E-state index contributed by atoms with van der Waals surface area (Å²) in [5, 5.41) is 3.46. The van der Waals surface area contributed by atoms with Gasteiger partial charge in [0.25, 0.3) is 0 Å². The van der Waals surface area contributed by atoms with Crippen LogP contribution >= 0.6 is 0 Å². The van der Waals surface area contributed by atoms with Crippen LogP contribution in [-0.2, 0) is 19.5 Å². The molecule has 19 heavy (non-hydrogen) atoms. The first kappa shape index (κ1) is 13.2. The maximum absolute atomic E-state index is 5.02. The van der Waals surface area contributed by atoms with E-state index < -0.39 is 0 Å². The Kier molecular flexibility index (Phi) is 3.42. The molecule has 0 unspecified atom stereocenters. The highest BCUT2D eigenvalue weighted by atomic mass is 15.1. The molecule has 0 atom stereocenters. The third-order valence-corrected chi connectivity index (χ3v) is 4.37. The van der Waals surface area contributed by atoms with Crippen LogP contribution in [0.5, 0.6) is 0 Å². The van der Waals surface area contributed by atoms with E-state index in [1.54, 1.807) is 0 Å². The van der Waals surface area contributed by atoms with Gasteiger partial charge in [0.2, 0.25) is 0 Å². The molecule has 2 aliphatic rings. The van der Waals surface area contributed by atoms with Gasteiger partial charge in [-0.2, -0.15) is 0 Å². The maximum Gasteiger partial charge on any atom is 0.112 e. The van der Waals surface area contributed by atoms with Gasteiger partial charge in [0, 0.05) is 37.7 Å². The molecule has 0 saturated heterocycles. The molecule has 3 rings (SSSR count). The molecule has 0 aromatic carbocycles. The van der Waals surface area contributed by atoms with Crippen molar-refractivity contribution in [3.8, 4) is 0 Å². The third-order valence-electron chi connectivity index (χ3n) is 4.37. The lowest BCUT2D eigenvalue weighted by Gasteiger charge is -2.25. The van der Waals surface area contributed by atoms with Gasteiger partial charge in [-0.1, -0.05) is 33.6 Å². The van der Waals surface area contributed by atoms with Crippen LogP contribution in [-0.4, -0.2) is 16.1 Å². The van der Waals surface area contributed by atoms with E-state index in [0.717, 1.165) is 26.1 Å². The topological polar surface area (TPSA) is 29.9 Å². The van der Waals surface area contributed by atoms with E-state index in [1.807, 2.05) is 0 Å². The quantitative estimate of drug-likeness (QED) is 0.886. The second-order valence-electron chi connectivity index (χ2n) is 7.42. The molecule has 0 amide bonds. The molecule has 1 N–H and O–H groups in total. The van der Waals surface area contributed by atoms with Crippen molar-refractivity contribution in [1.82, 2.24) is 14.9 Å². The number of hydrogen-bond acceptors (Lipinski definition) is 2. The molecule has 106 valence electrons. The average molecular weight is 261 g/mol. The van der Waals surface area contributed by atoms with E-state index in [9.17, 15) is 0 Å². The van der Waals surface area contributed by atoms with Crippen LogP contribution in [0, 0.1) is 5.41 Å². The minimum atomic E-state index is 0.326. The summed E-state index contributed by atoms with van der Waals surface area (Å²) in [6, 6.07) is 0. The van der Waals surface area contributed by atoms with Gasteiger partial charge in [-0.3, -0.25) is 0 Å². The predicted octanol–water partition coefficient (Wildman–Crippen LogP) is 3.23. The van der Waals surface area contributed by atoms with Crippen molar-refractivity contribution in [2.24, 2.45) is 5.41 Å². The highest BCUT2D eigenvalue weighted by molar-refractivity contribution is 5.23. The van der Waals surface area contributed by atoms with Crippen LogP contribution in [0.2, 0.25) is 0 Å². The van der Waals surface area contributed by atoms with E-state index in [0.29, 0.717) is 11.3 Å². The van der Waals surface area contributed by atoms with Crippen LogP contribution in [0.1, 0.15) is 69.6 Å². The van der Waals surface area contributed by atoms with Crippen LogP contribution in [0.15, 0.2) is 0 Å². The molecule has 0 bridgehead atoms. The lowest BCUT2D eigenvalue weighted by atomic mass is 9.96. The van der Waals surface area contributed by atoms with Gasteiger partial charge in [0.15, 0.2) is 0 Å². The van der Waals surface area contributed by atoms with Crippen molar-refractivity contribution in [3.05, 3.63) is 17.2 Å². The van der Waals surface area contributed by atoms with Crippen molar-refractivity contribution >= 4 is 0 Å².